The van der Waals surface area contributed by atoms with Crippen LogP contribution < -0.4 is 15.4 Å². The predicted octanol–water partition coefficient (Wildman–Crippen LogP) is 2.98. The van der Waals surface area contributed by atoms with Crippen LogP contribution in [0.5, 0.6) is 5.75 Å². The van der Waals surface area contributed by atoms with Crippen LogP contribution in [-0.4, -0.2) is 34.4 Å². The molecule has 0 spiro atoms. The molecule has 2 heterocycles. The van der Waals surface area contributed by atoms with E-state index in [0.29, 0.717) is 6.54 Å². The fourth-order valence-corrected chi connectivity index (χ4v) is 3.49. The van der Waals surface area contributed by atoms with Gasteiger partial charge in [0.25, 0.3) is 0 Å². The van der Waals surface area contributed by atoms with E-state index < -0.39 is 0 Å². The van der Waals surface area contributed by atoms with Crippen molar-refractivity contribution in [2.45, 2.75) is 33.4 Å². The quantitative estimate of drug-likeness (QED) is 0.439. The first kappa shape index (κ1) is 20.9. The predicted molar refractivity (Wildman–Crippen MR) is 117 cm³/mol. The van der Waals surface area contributed by atoms with Crippen LogP contribution in [0, 0.1) is 13.8 Å². The molecule has 0 atom stereocenters. The second kappa shape index (κ2) is 10.1. The second-order valence-electron chi connectivity index (χ2n) is 6.80. The summed E-state index contributed by atoms with van der Waals surface area (Å²) in [5.74, 6) is 3.40. The van der Waals surface area contributed by atoms with Gasteiger partial charge in [-0.3, -0.25) is 0 Å². The van der Waals surface area contributed by atoms with E-state index in [1.54, 1.807) is 18.4 Å². The molecule has 1 aromatic carbocycles. The van der Waals surface area contributed by atoms with Crippen molar-refractivity contribution in [2.24, 2.45) is 12.0 Å². The van der Waals surface area contributed by atoms with Gasteiger partial charge in [-0.1, -0.05) is 18.2 Å². The number of ether oxygens (including phenoxy) is 1. The first-order valence-corrected chi connectivity index (χ1v) is 10.5. The molecule has 0 bridgehead atoms. The molecule has 0 saturated heterocycles. The Morgan fingerprint density at radius 3 is 2.76 bits per heavy atom. The van der Waals surface area contributed by atoms with E-state index >= 15 is 0 Å². The maximum Gasteiger partial charge on any atom is 0.192 e. The highest BCUT2D eigenvalue weighted by Gasteiger charge is 2.06. The third-order valence-corrected chi connectivity index (χ3v) is 5.63. The normalized spacial score (nSPS) is 11.5. The molecular weight excluding hydrogens is 384 g/mol. The van der Waals surface area contributed by atoms with Crippen molar-refractivity contribution in [3.63, 3.8) is 0 Å². The first-order valence-electron chi connectivity index (χ1n) is 9.59. The van der Waals surface area contributed by atoms with Gasteiger partial charge < -0.3 is 19.9 Å². The standard InChI is InChI=1S/C21H28N6OS/c1-15-7-8-17(12-19(15)28-4)9-10-22-21(23-13-18-6-5-11-29-18)24-14-20-26-25-16(2)27(20)3/h5-8,11-12H,9-10,13-14H2,1-4H3,(H2,22,23,24). The number of thiophene rings is 1. The van der Waals surface area contributed by atoms with Crippen molar-refractivity contribution in [2.75, 3.05) is 13.7 Å². The highest BCUT2D eigenvalue weighted by Crippen LogP contribution is 2.19. The molecule has 3 aromatic rings. The fourth-order valence-electron chi connectivity index (χ4n) is 2.84. The Bertz CT molecular complexity index is 948. The van der Waals surface area contributed by atoms with Gasteiger partial charge in [0.1, 0.15) is 18.1 Å². The summed E-state index contributed by atoms with van der Waals surface area (Å²) < 4.78 is 7.38. The van der Waals surface area contributed by atoms with Crippen LogP contribution in [0.2, 0.25) is 0 Å². The Hall–Kier alpha value is -2.87. The van der Waals surface area contributed by atoms with Crippen LogP contribution in [0.3, 0.4) is 0 Å². The van der Waals surface area contributed by atoms with E-state index in [2.05, 4.69) is 56.5 Å². The van der Waals surface area contributed by atoms with E-state index in [9.17, 15) is 0 Å². The lowest BCUT2D eigenvalue weighted by molar-refractivity contribution is 0.411. The van der Waals surface area contributed by atoms with Gasteiger partial charge in [-0.05, 0) is 48.9 Å². The zero-order chi connectivity index (χ0) is 20.6. The Morgan fingerprint density at radius 1 is 1.21 bits per heavy atom. The molecule has 2 N–H and O–H groups in total. The van der Waals surface area contributed by atoms with Crippen molar-refractivity contribution in [1.29, 1.82) is 0 Å². The van der Waals surface area contributed by atoms with Crippen LogP contribution in [0.25, 0.3) is 0 Å². The van der Waals surface area contributed by atoms with Gasteiger partial charge in [-0.25, -0.2) is 4.99 Å². The van der Waals surface area contributed by atoms with Crippen molar-refractivity contribution in [1.82, 2.24) is 25.4 Å². The lowest BCUT2D eigenvalue weighted by Gasteiger charge is -2.13. The molecule has 29 heavy (non-hydrogen) atoms. The average Bonchev–Trinajstić information content (AvgIpc) is 3.35. The monoisotopic (exact) mass is 412 g/mol. The molecule has 0 unspecified atom stereocenters. The average molecular weight is 413 g/mol. The zero-order valence-corrected chi connectivity index (χ0v) is 18.2. The lowest BCUT2D eigenvalue weighted by atomic mass is 10.1. The van der Waals surface area contributed by atoms with Crippen LogP contribution >= 0.6 is 11.3 Å². The number of guanidine groups is 1. The number of aliphatic imine (C=N–C) groups is 1. The number of aryl methyl sites for hydroxylation is 2. The summed E-state index contributed by atoms with van der Waals surface area (Å²) in [5.41, 5.74) is 2.37. The first-order chi connectivity index (χ1) is 14.1. The van der Waals surface area contributed by atoms with Crippen molar-refractivity contribution in [3.8, 4) is 5.75 Å². The fraction of sp³-hybridized carbons (Fsp3) is 0.381. The number of methoxy groups -OCH3 is 1. The SMILES string of the molecule is COc1cc(CCNC(=NCc2nnc(C)n2C)NCc2cccs2)ccc1C. The molecule has 0 aliphatic rings. The Labute approximate surface area is 175 Å². The summed E-state index contributed by atoms with van der Waals surface area (Å²) in [6.45, 7) is 5.95. The molecule has 3 rings (SSSR count). The summed E-state index contributed by atoms with van der Waals surface area (Å²) in [6.07, 6.45) is 0.874. The van der Waals surface area contributed by atoms with Gasteiger partial charge in [0.2, 0.25) is 0 Å². The van der Waals surface area contributed by atoms with Crippen LogP contribution in [-0.2, 0) is 26.6 Å². The summed E-state index contributed by atoms with van der Waals surface area (Å²) in [5, 5.41) is 17.2. The largest absolute Gasteiger partial charge is 0.496 e. The summed E-state index contributed by atoms with van der Waals surface area (Å²) in [4.78, 5) is 5.96. The van der Waals surface area contributed by atoms with E-state index in [4.69, 9.17) is 9.73 Å². The Balaban J connectivity index is 1.62. The zero-order valence-electron chi connectivity index (χ0n) is 17.4. The Kier molecular flexibility index (Phi) is 7.24. The number of hydrogen-bond acceptors (Lipinski definition) is 5. The number of rotatable bonds is 8. The number of benzene rings is 1. The summed E-state index contributed by atoms with van der Waals surface area (Å²) in [6, 6.07) is 10.5. The molecule has 154 valence electrons. The van der Waals surface area contributed by atoms with Gasteiger partial charge in [0.15, 0.2) is 11.8 Å². The summed E-state index contributed by atoms with van der Waals surface area (Å²) >= 11 is 1.73. The lowest BCUT2D eigenvalue weighted by Crippen LogP contribution is -2.38. The highest BCUT2D eigenvalue weighted by atomic mass is 32.1. The van der Waals surface area contributed by atoms with Gasteiger partial charge in [0, 0.05) is 18.5 Å². The van der Waals surface area contributed by atoms with E-state index in [-0.39, 0.29) is 0 Å². The maximum atomic E-state index is 5.42. The minimum absolute atomic E-state index is 0.468. The van der Waals surface area contributed by atoms with Crippen molar-refractivity contribution >= 4 is 17.3 Å². The van der Waals surface area contributed by atoms with Gasteiger partial charge in [0.05, 0.1) is 13.7 Å². The van der Waals surface area contributed by atoms with Crippen molar-refractivity contribution in [3.05, 3.63) is 63.4 Å². The third-order valence-electron chi connectivity index (χ3n) is 4.75. The molecule has 7 nitrogen and oxygen atoms in total. The van der Waals surface area contributed by atoms with E-state index in [0.717, 1.165) is 48.4 Å². The van der Waals surface area contributed by atoms with Crippen LogP contribution in [0.1, 0.15) is 27.7 Å². The number of aromatic nitrogens is 3. The molecular formula is C21H28N6OS. The second-order valence-corrected chi connectivity index (χ2v) is 7.83. The number of hydrogen-bond donors (Lipinski definition) is 2. The number of nitrogens with one attached hydrogen (secondary N) is 2. The molecule has 0 aliphatic heterocycles. The van der Waals surface area contributed by atoms with E-state index in [1.807, 2.05) is 25.5 Å². The molecule has 2 aromatic heterocycles. The maximum absolute atomic E-state index is 5.42. The molecule has 8 heteroatoms. The van der Waals surface area contributed by atoms with Gasteiger partial charge in [-0.2, -0.15) is 0 Å². The minimum atomic E-state index is 0.468. The number of nitrogens with zero attached hydrogens (tertiary/aromatic N) is 4. The molecule has 0 saturated carbocycles. The molecule has 0 amide bonds. The topological polar surface area (TPSA) is 76.4 Å². The molecule has 0 fully saturated rings. The van der Waals surface area contributed by atoms with Crippen LogP contribution in [0.15, 0.2) is 40.7 Å². The van der Waals surface area contributed by atoms with Gasteiger partial charge >= 0.3 is 0 Å². The van der Waals surface area contributed by atoms with Crippen molar-refractivity contribution < 1.29 is 4.74 Å². The summed E-state index contributed by atoms with van der Waals surface area (Å²) in [7, 11) is 3.66. The highest BCUT2D eigenvalue weighted by molar-refractivity contribution is 7.09. The van der Waals surface area contributed by atoms with E-state index in [1.165, 1.54) is 10.4 Å². The Morgan fingerprint density at radius 2 is 2.07 bits per heavy atom. The molecule has 0 aliphatic carbocycles. The molecule has 0 radical (unpaired) electrons. The third kappa shape index (κ3) is 5.80. The smallest absolute Gasteiger partial charge is 0.192 e. The minimum Gasteiger partial charge on any atom is -0.496 e. The van der Waals surface area contributed by atoms with Crippen LogP contribution in [0.4, 0.5) is 0 Å². The van der Waals surface area contributed by atoms with Gasteiger partial charge in [-0.15, -0.1) is 21.5 Å².